The largest absolute Gasteiger partial charge is 0.353 e. The third-order valence-electron chi connectivity index (χ3n) is 3.38. The minimum atomic E-state index is -3.41. The zero-order valence-corrected chi connectivity index (χ0v) is 13.5. The van der Waals surface area contributed by atoms with Gasteiger partial charge in [0.1, 0.15) is 0 Å². The third kappa shape index (κ3) is 4.74. The molecule has 116 valence electrons. The van der Waals surface area contributed by atoms with Crippen LogP contribution in [0.15, 0.2) is 18.2 Å². The predicted octanol–water partition coefficient (Wildman–Crippen LogP) is 1.74. The number of carbonyl (C=O) groups is 1. The van der Waals surface area contributed by atoms with Gasteiger partial charge in [0.25, 0.3) is 0 Å². The molecule has 1 N–H and O–H groups in total. The van der Waals surface area contributed by atoms with Crippen LogP contribution in [0, 0.1) is 13.8 Å². The van der Waals surface area contributed by atoms with Crippen LogP contribution in [0.25, 0.3) is 0 Å². The molecule has 1 aliphatic carbocycles. The lowest BCUT2D eigenvalue weighted by atomic mass is 10.1. The summed E-state index contributed by atoms with van der Waals surface area (Å²) in [5.74, 6) is -0.0875. The molecule has 1 aliphatic rings. The SMILES string of the molecule is Cc1cc(C)cc(N(CCC(=O)NC2CC2)S(C)(=O)=O)c1. The standard InChI is InChI=1S/C15H22N2O3S/c1-11-8-12(2)10-14(9-11)17(21(3,19)20)7-6-15(18)16-13-4-5-13/h8-10,13H,4-7H2,1-3H3,(H,16,18). The lowest BCUT2D eigenvalue weighted by Crippen LogP contribution is -2.35. The summed E-state index contributed by atoms with van der Waals surface area (Å²) in [4.78, 5) is 11.8. The fourth-order valence-corrected chi connectivity index (χ4v) is 3.22. The molecule has 1 amide bonds. The monoisotopic (exact) mass is 310 g/mol. The highest BCUT2D eigenvalue weighted by Crippen LogP contribution is 2.22. The van der Waals surface area contributed by atoms with Crippen molar-refractivity contribution in [3.8, 4) is 0 Å². The minimum absolute atomic E-state index is 0.0875. The van der Waals surface area contributed by atoms with Crippen molar-refractivity contribution in [3.05, 3.63) is 29.3 Å². The number of carbonyl (C=O) groups excluding carboxylic acids is 1. The number of nitrogens with one attached hydrogen (secondary N) is 1. The average molecular weight is 310 g/mol. The van der Waals surface area contributed by atoms with E-state index in [0.717, 1.165) is 24.0 Å². The summed E-state index contributed by atoms with van der Waals surface area (Å²) >= 11 is 0. The van der Waals surface area contributed by atoms with E-state index in [1.165, 1.54) is 10.6 Å². The van der Waals surface area contributed by atoms with Crippen LogP contribution < -0.4 is 9.62 Å². The second-order valence-corrected chi connectivity index (χ2v) is 7.68. The van der Waals surface area contributed by atoms with Crippen LogP contribution in [0.2, 0.25) is 0 Å². The number of hydrogen-bond donors (Lipinski definition) is 1. The molecule has 21 heavy (non-hydrogen) atoms. The summed E-state index contributed by atoms with van der Waals surface area (Å²) < 4.78 is 25.3. The van der Waals surface area contributed by atoms with Crippen LogP contribution in [0.3, 0.4) is 0 Å². The summed E-state index contributed by atoms with van der Waals surface area (Å²) in [6, 6.07) is 5.94. The molecule has 0 aromatic heterocycles. The maximum absolute atomic E-state index is 12.0. The van der Waals surface area contributed by atoms with Gasteiger partial charge in [-0.15, -0.1) is 0 Å². The fourth-order valence-electron chi connectivity index (χ4n) is 2.31. The molecule has 1 saturated carbocycles. The Morgan fingerprint density at radius 2 is 1.81 bits per heavy atom. The van der Waals surface area contributed by atoms with Crippen LogP contribution in [-0.2, 0) is 14.8 Å². The number of aryl methyl sites for hydroxylation is 2. The Morgan fingerprint density at radius 3 is 2.29 bits per heavy atom. The second-order valence-electron chi connectivity index (χ2n) is 5.77. The Kier molecular flexibility index (Phi) is 4.56. The van der Waals surface area contributed by atoms with Gasteiger partial charge in [0.05, 0.1) is 11.9 Å². The zero-order valence-electron chi connectivity index (χ0n) is 12.7. The highest BCUT2D eigenvalue weighted by molar-refractivity contribution is 7.92. The van der Waals surface area contributed by atoms with E-state index in [-0.39, 0.29) is 18.9 Å². The molecule has 1 fully saturated rings. The molecule has 0 heterocycles. The Bertz CT molecular complexity index is 616. The smallest absolute Gasteiger partial charge is 0.232 e. The Labute approximate surface area is 126 Å². The van der Waals surface area contributed by atoms with Crippen molar-refractivity contribution in [3.63, 3.8) is 0 Å². The molecule has 0 radical (unpaired) electrons. The topological polar surface area (TPSA) is 66.5 Å². The Balaban J connectivity index is 2.12. The number of sulfonamides is 1. The predicted molar refractivity (Wildman–Crippen MR) is 83.9 cm³/mol. The lowest BCUT2D eigenvalue weighted by Gasteiger charge is -2.23. The molecule has 0 saturated heterocycles. The maximum Gasteiger partial charge on any atom is 0.232 e. The molecule has 1 aromatic carbocycles. The molecule has 5 nitrogen and oxygen atoms in total. The molecule has 6 heteroatoms. The number of benzene rings is 1. The average Bonchev–Trinajstić information content (AvgIpc) is 3.09. The molecule has 1 aromatic rings. The van der Waals surface area contributed by atoms with E-state index in [0.29, 0.717) is 11.7 Å². The van der Waals surface area contributed by atoms with Gasteiger partial charge in [-0.25, -0.2) is 8.42 Å². The van der Waals surface area contributed by atoms with E-state index >= 15 is 0 Å². The minimum Gasteiger partial charge on any atom is -0.353 e. The highest BCUT2D eigenvalue weighted by atomic mass is 32.2. The van der Waals surface area contributed by atoms with Gasteiger partial charge in [0.2, 0.25) is 15.9 Å². The van der Waals surface area contributed by atoms with Crippen LogP contribution >= 0.6 is 0 Å². The van der Waals surface area contributed by atoms with Crippen LogP contribution in [-0.4, -0.2) is 33.2 Å². The molecule has 0 bridgehead atoms. The van der Waals surface area contributed by atoms with Crippen molar-refractivity contribution >= 4 is 21.6 Å². The molecule has 0 spiro atoms. The summed E-state index contributed by atoms with van der Waals surface area (Å²) in [6.07, 6.45) is 3.40. The van der Waals surface area contributed by atoms with Gasteiger partial charge in [-0.05, 0) is 49.9 Å². The van der Waals surface area contributed by atoms with Crippen molar-refractivity contribution < 1.29 is 13.2 Å². The maximum atomic E-state index is 12.0. The summed E-state index contributed by atoms with van der Waals surface area (Å²) in [7, 11) is -3.41. The van der Waals surface area contributed by atoms with E-state index in [2.05, 4.69) is 5.32 Å². The summed E-state index contributed by atoms with van der Waals surface area (Å²) in [6.45, 7) is 4.02. The molecule has 2 rings (SSSR count). The third-order valence-corrected chi connectivity index (χ3v) is 4.57. The number of anilines is 1. The first kappa shape index (κ1) is 15.8. The number of rotatable bonds is 6. The number of hydrogen-bond acceptors (Lipinski definition) is 3. The van der Waals surface area contributed by atoms with E-state index in [4.69, 9.17) is 0 Å². The highest BCUT2D eigenvalue weighted by Gasteiger charge is 2.24. The van der Waals surface area contributed by atoms with Gasteiger partial charge in [-0.1, -0.05) is 6.07 Å². The Morgan fingerprint density at radius 1 is 1.24 bits per heavy atom. The summed E-state index contributed by atoms with van der Waals surface area (Å²) in [5.41, 5.74) is 2.62. The number of amides is 1. The quantitative estimate of drug-likeness (QED) is 0.870. The van der Waals surface area contributed by atoms with Crippen molar-refractivity contribution in [1.82, 2.24) is 5.32 Å². The summed E-state index contributed by atoms with van der Waals surface area (Å²) in [5, 5.41) is 2.87. The molecular formula is C15H22N2O3S. The van der Waals surface area contributed by atoms with Gasteiger partial charge >= 0.3 is 0 Å². The normalized spacial score (nSPS) is 14.8. The van der Waals surface area contributed by atoms with E-state index in [9.17, 15) is 13.2 Å². The first-order valence-electron chi connectivity index (χ1n) is 7.11. The van der Waals surface area contributed by atoms with Crippen molar-refractivity contribution in [2.24, 2.45) is 0 Å². The molecule has 0 atom stereocenters. The van der Waals surface area contributed by atoms with Gasteiger partial charge < -0.3 is 5.32 Å². The fraction of sp³-hybridized carbons (Fsp3) is 0.533. The Hall–Kier alpha value is -1.56. The first-order chi connectivity index (χ1) is 9.75. The van der Waals surface area contributed by atoms with Crippen LogP contribution in [0.4, 0.5) is 5.69 Å². The van der Waals surface area contributed by atoms with Crippen molar-refractivity contribution in [1.29, 1.82) is 0 Å². The van der Waals surface area contributed by atoms with Gasteiger partial charge in [0.15, 0.2) is 0 Å². The van der Waals surface area contributed by atoms with Crippen LogP contribution in [0.1, 0.15) is 30.4 Å². The first-order valence-corrected chi connectivity index (χ1v) is 8.96. The van der Waals surface area contributed by atoms with Crippen molar-refractivity contribution in [2.45, 2.75) is 39.2 Å². The number of nitrogens with zero attached hydrogens (tertiary/aromatic N) is 1. The van der Waals surface area contributed by atoms with Gasteiger partial charge in [-0.3, -0.25) is 9.10 Å². The van der Waals surface area contributed by atoms with Crippen molar-refractivity contribution in [2.75, 3.05) is 17.1 Å². The zero-order chi connectivity index (χ0) is 15.6. The van der Waals surface area contributed by atoms with Crippen LogP contribution in [0.5, 0.6) is 0 Å². The van der Waals surface area contributed by atoms with E-state index < -0.39 is 10.0 Å². The van der Waals surface area contributed by atoms with Gasteiger partial charge in [0, 0.05) is 19.0 Å². The van der Waals surface area contributed by atoms with Gasteiger partial charge in [-0.2, -0.15) is 0 Å². The molecule has 0 unspecified atom stereocenters. The van der Waals surface area contributed by atoms with E-state index in [1.807, 2.05) is 32.0 Å². The molecule has 0 aliphatic heterocycles. The molecular weight excluding hydrogens is 288 g/mol. The lowest BCUT2D eigenvalue weighted by molar-refractivity contribution is -0.121. The second kappa shape index (κ2) is 6.05. The van der Waals surface area contributed by atoms with E-state index in [1.54, 1.807) is 0 Å².